The Kier molecular flexibility index (Phi) is 3.68. The smallest absolute Gasteiger partial charge is 0.296 e. The Hall–Kier alpha value is -2.22. The van der Waals surface area contributed by atoms with Crippen LogP contribution in [0.2, 0.25) is 0 Å². The van der Waals surface area contributed by atoms with Gasteiger partial charge >= 0.3 is 0 Å². The van der Waals surface area contributed by atoms with Gasteiger partial charge in [0.1, 0.15) is 11.4 Å². The van der Waals surface area contributed by atoms with E-state index in [1.807, 2.05) is 0 Å². The van der Waals surface area contributed by atoms with E-state index in [0.717, 1.165) is 5.69 Å². The van der Waals surface area contributed by atoms with Crippen LogP contribution in [0.25, 0.3) is 0 Å². The summed E-state index contributed by atoms with van der Waals surface area (Å²) >= 11 is 1.24. The topological polar surface area (TPSA) is 90.2 Å². The van der Waals surface area contributed by atoms with E-state index in [-0.39, 0.29) is 5.69 Å². The van der Waals surface area contributed by atoms with Crippen molar-refractivity contribution in [3.8, 4) is 5.75 Å². The van der Waals surface area contributed by atoms with E-state index in [0.29, 0.717) is 18.0 Å². The second kappa shape index (κ2) is 5.41. The summed E-state index contributed by atoms with van der Waals surface area (Å²) in [4.78, 5) is 10.5. The molecule has 0 amide bonds. The number of nitro groups is 1. The number of benzene rings is 1. The van der Waals surface area contributed by atoms with Crippen LogP contribution in [0.5, 0.6) is 5.75 Å². The highest BCUT2D eigenvalue weighted by molar-refractivity contribution is 7.03. The first-order chi connectivity index (χ1) is 8.70. The average Bonchev–Trinajstić information content (AvgIpc) is 2.89. The molecule has 2 aromatic rings. The van der Waals surface area contributed by atoms with Crippen LogP contribution in [0.4, 0.5) is 11.4 Å². The van der Waals surface area contributed by atoms with Crippen LogP contribution in [-0.4, -0.2) is 21.6 Å². The van der Waals surface area contributed by atoms with Crippen molar-refractivity contribution >= 4 is 22.9 Å². The molecular weight excluding hydrogens is 256 g/mol. The first kappa shape index (κ1) is 12.2. The van der Waals surface area contributed by atoms with Gasteiger partial charge in [0.15, 0.2) is 0 Å². The normalized spacial score (nSPS) is 10.1. The lowest BCUT2D eigenvalue weighted by Gasteiger charge is -2.06. The van der Waals surface area contributed by atoms with Gasteiger partial charge in [0.05, 0.1) is 30.3 Å². The number of ether oxygens (including phenoxy) is 1. The maximum absolute atomic E-state index is 10.9. The van der Waals surface area contributed by atoms with Crippen LogP contribution < -0.4 is 10.1 Å². The lowest BCUT2D eigenvalue weighted by atomic mass is 10.2. The summed E-state index contributed by atoms with van der Waals surface area (Å²) in [5.41, 5.74) is 1.14. The number of aromatic nitrogens is 2. The Bertz CT molecular complexity index is 544. The molecule has 1 aromatic carbocycles. The van der Waals surface area contributed by atoms with Gasteiger partial charge in [0.25, 0.3) is 5.69 Å². The Morgan fingerprint density at radius 3 is 3.00 bits per heavy atom. The summed E-state index contributed by atoms with van der Waals surface area (Å²) in [5, 5.41) is 19.5. The van der Waals surface area contributed by atoms with E-state index in [9.17, 15) is 10.1 Å². The van der Waals surface area contributed by atoms with E-state index >= 15 is 0 Å². The lowest BCUT2D eigenvalue weighted by molar-refractivity contribution is -0.384. The highest BCUT2D eigenvalue weighted by atomic mass is 32.1. The minimum Gasteiger partial charge on any atom is -0.496 e. The fraction of sp³-hybridized carbons (Fsp3) is 0.200. The zero-order valence-electron chi connectivity index (χ0n) is 9.49. The van der Waals surface area contributed by atoms with Crippen molar-refractivity contribution in [2.45, 2.75) is 6.54 Å². The van der Waals surface area contributed by atoms with Crippen LogP contribution in [0.15, 0.2) is 23.6 Å². The Morgan fingerprint density at radius 1 is 1.56 bits per heavy atom. The summed E-state index contributed by atoms with van der Waals surface area (Å²) in [6.07, 6.45) is 0. The third kappa shape index (κ3) is 2.72. The number of nitrogens with one attached hydrogen (secondary N) is 1. The van der Waals surface area contributed by atoms with Crippen molar-refractivity contribution in [3.05, 3.63) is 39.4 Å². The van der Waals surface area contributed by atoms with Gasteiger partial charge in [-0.2, -0.15) is 0 Å². The maximum atomic E-state index is 10.9. The molecule has 1 aromatic heterocycles. The Morgan fingerprint density at radius 2 is 2.39 bits per heavy atom. The molecule has 1 N–H and O–H groups in total. The third-order valence-corrected chi connectivity index (χ3v) is 2.82. The molecule has 94 valence electrons. The van der Waals surface area contributed by atoms with Crippen molar-refractivity contribution in [2.75, 3.05) is 12.4 Å². The van der Waals surface area contributed by atoms with Crippen LogP contribution in [0.1, 0.15) is 5.69 Å². The largest absolute Gasteiger partial charge is 0.496 e. The van der Waals surface area contributed by atoms with Crippen molar-refractivity contribution in [1.29, 1.82) is 0 Å². The highest BCUT2D eigenvalue weighted by Crippen LogP contribution is 2.29. The summed E-state index contributed by atoms with van der Waals surface area (Å²) in [5.74, 6) is 0.447. The molecule has 0 radical (unpaired) electrons. The second-order valence-corrected chi connectivity index (χ2v) is 4.00. The maximum Gasteiger partial charge on any atom is 0.296 e. The van der Waals surface area contributed by atoms with Gasteiger partial charge in [0.2, 0.25) is 0 Å². The predicted octanol–water partition coefficient (Wildman–Crippen LogP) is 2.07. The van der Waals surface area contributed by atoms with Crippen LogP contribution in [-0.2, 0) is 6.54 Å². The number of anilines is 1. The van der Waals surface area contributed by atoms with E-state index < -0.39 is 4.92 Å². The zero-order chi connectivity index (χ0) is 13.0. The zero-order valence-corrected chi connectivity index (χ0v) is 10.3. The number of rotatable bonds is 5. The highest BCUT2D eigenvalue weighted by Gasteiger charge is 2.15. The standard InChI is InChI=1S/C10H10N4O3S/c1-17-8-2-3-9(10(4-8)14(15)16)11-5-7-6-18-13-12-7/h2-4,6,11H,5H2,1H3. The number of hydrogen-bond donors (Lipinski definition) is 1. The van der Waals surface area contributed by atoms with Gasteiger partial charge in [-0.15, -0.1) is 5.10 Å². The fourth-order valence-corrected chi connectivity index (χ4v) is 1.84. The molecule has 0 atom stereocenters. The third-order valence-electron chi connectivity index (χ3n) is 2.27. The molecule has 18 heavy (non-hydrogen) atoms. The molecule has 0 aliphatic rings. The van der Waals surface area contributed by atoms with Crippen molar-refractivity contribution in [3.63, 3.8) is 0 Å². The molecule has 0 bridgehead atoms. The first-order valence-corrected chi connectivity index (χ1v) is 5.86. The molecule has 0 aliphatic carbocycles. The second-order valence-electron chi connectivity index (χ2n) is 3.39. The van der Waals surface area contributed by atoms with Gasteiger partial charge in [-0.3, -0.25) is 10.1 Å². The number of methoxy groups -OCH3 is 1. The van der Waals surface area contributed by atoms with Gasteiger partial charge in [0, 0.05) is 5.38 Å². The molecule has 0 unspecified atom stereocenters. The molecule has 0 fully saturated rings. The number of nitro benzene ring substituents is 1. The van der Waals surface area contributed by atoms with Crippen LogP contribution in [0.3, 0.4) is 0 Å². The van der Waals surface area contributed by atoms with Crippen molar-refractivity contribution < 1.29 is 9.66 Å². The van der Waals surface area contributed by atoms with Gasteiger partial charge in [-0.05, 0) is 23.7 Å². The summed E-state index contributed by atoms with van der Waals surface area (Å²) < 4.78 is 8.67. The van der Waals surface area contributed by atoms with Crippen LogP contribution >= 0.6 is 11.5 Å². The monoisotopic (exact) mass is 266 g/mol. The van der Waals surface area contributed by atoms with E-state index in [1.54, 1.807) is 17.5 Å². The quantitative estimate of drug-likeness (QED) is 0.658. The summed E-state index contributed by atoms with van der Waals surface area (Å²) in [7, 11) is 1.47. The molecule has 0 aliphatic heterocycles. The van der Waals surface area contributed by atoms with Crippen molar-refractivity contribution in [1.82, 2.24) is 9.59 Å². The average molecular weight is 266 g/mol. The van der Waals surface area contributed by atoms with Gasteiger partial charge in [-0.1, -0.05) is 4.49 Å². The minimum atomic E-state index is -0.454. The molecule has 0 saturated carbocycles. The van der Waals surface area contributed by atoms with E-state index in [1.165, 1.54) is 24.7 Å². The molecule has 7 nitrogen and oxygen atoms in total. The predicted molar refractivity (Wildman–Crippen MR) is 66.9 cm³/mol. The molecule has 8 heteroatoms. The van der Waals surface area contributed by atoms with Crippen LogP contribution in [0, 0.1) is 10.1 Å². The Labute approximate surface area is 107 Å². The number of hydrogen-bond acceptors (Lipinski definition) is 7. The lowest BCUT2D eigenvalue weighted by Crippen LogP contribution is -2.03. The van der Waals surface area contributed by atoms with E-state index in [2.05, 4.69) is 14.9 Å². The summed E-state index contributed by atoms with van der Waals surface area (Å²) in [6.45, 7) is 0.393. The minimum absolute atomic E-state index is 0.0301. The molecule has 1 heterocycles. The fourth-order valence-electron chi connectivity index (χ4n) is 1.39. The van der Waals surface area contributed by atoms with Gasteiger partial charge < -0.3 is 10.1 Å². The van der Waals surface area contributed by atoms with Crippen molar-refractivity contribution in [2.24, 2.45) is 0 Å². The van der Waals surface area contributed by atoms with Gasteiger partial charge in [-0.25, -0.2) is 0 Å². The van der Waals surface area contributed by atoms with E-state index in [4.69, 9.17) is 4.74 Å². The molecule has 2 rings (SSSR count). The first-order valence-electron chi connectivity index (χ1n) is 5.03. The molecular formula is C10H10N4O3S. The summed E-state index contributed by atoms with van der Waals surface area (Å²) in [6, 6.07) is 4.65. The number of nitrogens with zero attached hydrogens (tertiary/aromatic N) is 3. The Balaban J connectivity index is 2.18. The molecule has 0 saturated heterocycles. The SMILES string of the molecule is COc1ccc(NCc2csnn2)c([N+](=O)[O-])c1. The molecule has 0 spiro atoms.